The standard InChI is InChI=1S/C14H10BrNO4S/c15-12-4-3-11(16(18)19)8-13(12)20-9-14-10(2-1-6-17)5-7-21-14/h3-5,7-8,17H,6,9H2. The van der Waals surface area contributed by atoms with E-state index >= 15 is 0 Å². The number of aliphatic hydroxyl groups excluding tert-OH is 1. The molecule has 108 valence electrons. The zero-order chi connectivity index (χ0) is 15.2. The van der Waals surface area contributed by atoms with Gasteiger partial charge in [-0.1, -0.05) is 11.8 Å². The molecule has 1 aromatic carbocycles. The Labute approximate surface area is 133 Å². The molecule has 0 bridgehead atoms. The van der Waals surface area contributed by atoms with E-state index in [0.29, 0.717) is 10.2 Å². The second-order valence-electron chi connectivity index (χ2n) is 3.88. The van der Waals surface area contributed by atoms with Gasteiger partial charge in [-0.3, -0.25) is 10.1 Å². The highest BCUT2D eigenvalue weighted by atomic mass is 79.9. The van der Waals surface area contributed by atoms with E-state index < -0.39 is 4.92 Å². The van der Waals surface area contributed by atoms with Gasteiger partial charge in [0.05, 0.1) is 20.3 Å². The Morgan fingerprint density at radius 3 is 2.95 bits per heavy atom. The first kappa shape index (κ1) is 15.5. The first-order chi connectivity index (χ1) is 10.1. The number of halogens is 1. The van der Waals surface area contributed by atoms with Crippen LogP contribution in [0.25, 0.3) is 0 Å². The van der Waals surface area contributed by atoms with Gasteiger partial charge in [-0.2, -0.15) is 0 Å². The van der Waals surface area contributed by atoms with Crippen LogP contribution >= 0.6 is 27.3 Å². The van der Waals surface area contributed by atoms with Crippen LogP contribution in [0.2, 0.25) is 0 Å². The summed E-state index contributed by atoms with van der Waals surface area (Å²) in [5, 5.41) is 21.4. The van der Waals surface area contributed by atoms with Crippen molar-refractivity contribution in [3.05, 3.63) is 54.7 Å². The van der Waals surface area contributed by atoms with Crippen LogP contribution in [0.4, 0.5) is 5.69 Å². The van der Waals surface area contributed by atoms with E-state index in [1.165, 1.54) is 23.5 Å². The summed E-state index contributed by atoms with van der Waals surface area (Å²) in [5.41, 5.74) is 0.760. The van der Waals surface area contributed by atoms with E-state index in [9.17, 15) is 10.1 Å². The number of hydrogen-bond donors (Lipinski definition) is 1. The van der Waals surface area contributed by atoms with Crippen LogP contribution in [0.5, 0.6) is 5.75 Å². The summed E-state index contributed by atoms with van der Waals surface area (Å²) in [6.45, 7) is 0.0550. The maximum absolute atomic E-state index is 10.8. The molecule has 1 N–H and O–H groups in total. The molecule has 0 radical (unpaired) electrons. The Hall–Kier alpha value is -1.88. The van der Waals surface area contributed by atoms with Crippen molar-refractivity contribution in [1.82, 2.24) is 0 Å². The van der Waals surface area contributed by atoms with Gasteiger partial charge in [0.1, 0.15) is 19.0 Å². The predicted octanol–water partition coefficient (Wildman–Crippen LogP) is 3.34. The van der Waals surface area contributed by atoms with E-state index in [4.69, 9.17) is 9.84 Å². The summed E-state index contributed by atoms with van der Waals surface area (Å²) >= 11 is 4.78. The minimum Gasteiger partial charge on any atom is -0.487 e. The fourth-order valence-corrected chi connectivity index (χ4v) is 2.66. The van der Waals surface area contributed by atoms with E-state index in [0.717, 1.165) is 10.4 Å². The number of hydrogen-bond acceptors (Lipinski definition) is 5. The van der Waals surface area contributed by atoms with Crippen molar-refractivity contribution in [2.45, 2.75) is 6.61 Å². The van der Waals surface area contributed by atoms with Gasteiger partial charge in [-0.05, 0) is 33.4 Å². The van der Waals surface area contributed by atoms with Gasteiger partial charge < -0.3 is 9.84 Å². The molecular weight excluding hydrogens is 358 g/mol. The monoisotopic (exact) mass is 367 g/mol. The van der Waals surface area contributed by atoms with Crippen LogP contribution in [-0.2, 0) is 6.61 Å². The number of ether oxygens (including phenoxy) is 1. The number of rotatable bonds is 4. The topological polar surface area (TPSA) is 72.6 Å². The Morgan fingerprint density at radius 2 is 2.24 bits per heavy atom. The van der Waals surface area contributed by atoms with Gasteiger partial charge in [0.25, 0.3) is 5.69 Å². The maximum atomic E-state index is 10.8. The predicted molar refractivity (Wildman–Crippen MR) is 83.4 cm³/mol. The lowest BCUT2D eigenvalue weighted by molar-refractivity contribution is -0.385. The van der Waals surface area contributed by atoms with Crippen molar-refractivity contribution in [2.24, 2.45) is 0 Å². The molecule has 0 saturated heterocycles. The second kappa shape index (κ2) is 7.22. The van der Waals surface area contributed by atoms with Crippen molar-refractivity contribution < 1.29 is 14.8 Å². The van der Waals surface area contributed by atoms with E-state index in [2.05, 4.69) is 27.8 Å². The van der Waals surface area contributed by atoms with Crippen LogP contribution in [-0.4, -0.2) is 16.6 Å². The fraction of sp³-hybridized carbons (Fsp3) is 0.143. The van der Waals surface area contributed by atoms with Crippen LogP contribution in [0, 0.1) is 22.0 Å². The molecule has 1 aromatic heterocycles. The van der Waals surface area contributed by atoms with Gasteiger partial charge in [0, 0.05) is 11.6 Å². The van der Waals surface area contributed by atoms with Gasteiger partial charge >= 0.3 is 0 Å². The highest BCUT2D eigenvalue weighted by Gasteiger charge is 2.11. The molecule has 7 heteroatoms. The minimum absolute atomic E-state index is 0.0281. The molecule has 0 saturated carbocycles. The number of nitrogens with zero attached hydrogens (tertiary/aromatic N) is 1. The van der Waals surface area contributed by atoms with Gasteiger partial charge in [0.15, 0.2) is 0 Å². The normalized spacial score (nSPS) is 9.81. The van der Waals surface area contributed by atoms with Gasteiger partial charge in [0.2, 0.25) is 0 Å². The Balaban J connectivity index is 2.15. The lowest BCUT2D eigenvalue weighted by Gasteiger charge is -2.07. The van der Waals surface area contributed by atoms with Crippen molar-refractivity contribution >= 4 is 33.0 Å². The van der Waals surface area contributed by atoms with E-state index in [-0.39, 0.29) is 18.9 Å². The third kappa shape index (κ3) is 4.04. The summed E-state index contributed by atoms with van der Waals surface area (Å²) in [6.07, 6.45) is 0. The highest BCUT2D eigenvalue weighted by Crippen LogP contribution is 2.30. The summed E-state index contributed by atoms with van der Waals surface area (Å²) in [4.78, 5) is 11.2. The third-order valence-corrected chi connectivity index (χ3v) is 4.08. The lowest BCUT2D eigenvalue weighted by Crippen LogP contribution is -1.97. The smallest absolute Gasteiger partial charge is 0.273 e. The van der Waals surface area contributed by atoms with Crippen molar-refractivity contribution in [3.63, 3.8) is 0 Å². The first-order valence-corrected chi connectivity index (χ1v) is 7.52. The van der Waals surface area contributed by atoms with E-state index in [1.54, 1.807) is 6.07 Å². The summed E-state index contributed by atoms with van der Waals surface area (Å²) in [5.74, 6) is 5.82. The van der Waals surface area contributed by atoms with Crippen LogP contribution in [0.1, 0.15) is 10.4 Å². The molecule has 0 amide bonds. The van der Waals surface area contributed by atoms with E-state index in [1.807, 2.05) is 11.4 Å². The molecule has 0 aliphatic heterocycles. The van der Waals surface area contributed by atoms with Crippen molar-refractivity contribution in [2.75, 3.05) is 6.61 Å². The SMILES string of the molecule is O=[N+]([O-])c1ccc(Br)c(OCc2sccc2C#CCO)c1. The molecule has 2 aromatic rings. The maximum Gasteiger partial charge on any atom is 0.273 e. The molecule has 21 heavy (non-hydrogen) atoms. The summed E-state index contributed by atoms with van der Waals surface area (Å²) < 4.78 is 6.27. The number of thiophene rings is 1. The molecule has 0 aliphatic carbocycles. The lowest BCUT2D eigenvalue weighted by atomic mass is 10.2. The summed E-state index contributed by atoms with van der Waals surface area (Å²) in [6, 6.07) is 6.19. The molecule has 0 spiro atoms. The minimum atomic E-state index is -0.470. The fourth-order valence-electron chi connectivity index (χ4n) is 1.56. The first-order valence-electron chi connectivity index (χ1n) is 5.84. The Bertz CT molecular complexity index is 717. The van der Waals surface area contributed by atoms with Gasteiger partial charge in [-0.25, -0.2) is 0 Å². The largest absolute Gasteiger partial charge is 0.487 e. The molecule has 2 rings (SSSR count). The number of benzene rings is 1. The van der Waals surface area contributed by atoms with Crippen LogP contribution in [0.3, 0.4) is 0 Å². The number of aliphatic hydroxyl groups is 1. The quantitative estimate of drug-likeness (QED) is 0.510. The molecule has 1 heterocycles. The third-order valence-electron chi connectivity index (χ3n) is 2.53. The molecule has 5 nitrogen and oxygen atoms in total. The summed E-state index contributed by atoms with van der Waals surface area (Å²) in [7, 11) is 0. The average Bonchev–Trinajstić information content (AvgIpc) is 2.91. The van der Waals surface area contributed by atoms with Crippen molar-refractivity contribution in [1.29, 1.82) is 0 Å². The van der Waals surface area contributed by atoms with Crippen LogP contribution < -0.4 is 4.74 Å². The number of nitro groups is 1. The van der Waals surface area contributed by atoms with Crippen molar-refractivity contribution in [3.8, 4) is 17.6 Å². The average molecular weight is 368 g/mol. The Morgan fingerprint density at radius 1 is 1.43 bits per heavy atom. The zero-order valence-electron chi connectivity index (χ0n) is 10.7. The van der Waals surface area contributed by atoms with Gasteiger partial charge in [-0.15, -0.1) is 11.3 Å². The zero-order valence-corrected chi connectivity index (χ0v) is 13.1. The van der Waals surface area contributed by atoms with Crippen LogP contribution in [0.15, 0.2) is 34.1 Å². The molecular formula is C14H10BrNO4S. The number of non-ortho nitro benzene ring substituents is 1. The Kier molecular flexibility index (Phi) is 5.33. The second-order valence-corrected chi connectivity index (χ2v) is 5.73. The molecule has 0 atom stereocenters. The molecule has 0 unspecified atom stereocenters. The molecule has 0 fully saturated rings. The number of nitro benzene ring substituents is 1. The highest BCUT2D eigenvalue weighted by molar-refractivity contribution is 9.10. The molecule has 0 aliphatic rings.